The first-order chi connectivity index (χ1) is 19.9. The van der Waals surface area contributed by atoms with Crippen molar-refractivity contribution in [3.05, 3.63) is 161 Å². The van der Waals surface area contributed by atoms with Gasteiger partial charge in [0.2, 0.25) is 0 Å². The van der Waals surface area contributed by atoms with E-state index in [1.54, 1.807) is 0 Å². The molecule has 2 bridgehead atoms. The first-order valence-electron chi connectivity index (χ1n) is 14.0. The van der Waals surface area contributed by atoms with E-state index in [4.69, 9.17) is 0 Å². The van der Waals surface area contributed by atoms with Gasteiger partial charge >= 0.3 is 0 Å². The summed E-state index contributed by atoms with van der Waals surface area (Å²) in [4.78, 5) is 0. The maximum atomic E-state index is 2.53. The molecule has 6 aromatic carbocycles. The van der Waals surface area contributed by atoms with Gasteiger partial charge in [0.25, 0.3) is 0 Å². The number of para-hydroxylation sites is 1. The lowest BCUT2D eigenvalue weighted by molar-refractivity contribution is 0.761. The van der Waals surface area contributed by atoms with Crippen LogP contribution in [0.4, 0.5) is 0 Å². The lowest BCUT2D eigenvalue weighted by Crippen LogP contribution is -2.27. The number of benzene rings is 6. The normalized spacial score (nSPS) is 17.0. The summed E-state index contributed by atoms with van der Waals surface area (Å²) in [5.41, 5.74) is 12.7. The van der Waals surface area contributed by atoms with E-state index in [1.807, 2.05) is 11.3 Å². The maximum absolute atomic E-state index is 2.53. The highest BCUT2D eigenvalue weighted by Crippen LogP contribution is 2.58. The quantitative estimate of drug-likeness (QED) is 0.201. The molecule has 40 heavy (non-hydrogen) atoms. The van der Waals surface area contributed by atoms with Gasteiger partial charge in [0.1, 0.15) is 0 Å². The Morgan fingerprint density at radius 2 is 1.07 bits per heavy atom. The van der Waals surface area contributed by atoms with Crippen molar-refractivity contribution in [1.29, 1.82) is 0 Å². The fraction of sp³-hybridized carbons (Fsp3) is 0.0526. The Balaban J connectivity index is 1.36. The van der Waals surface area contributed by atoms with Crippen molar-refractivity contribution >= 4 is 53.3 Å². The third-order valence-corrected chi connectivity index (χ3v) is 10.6. The maximum Gasteiger partial charge on any atom is 0.0640 e. The smallest absolute Gasteiger partial charge is 0.0640 e. The molecule has 8 aromatic rings. The Kier molecular flexibility index (Phi) is 3.97. The average molecular weight is 526 g/mol. The highest BCUT2D eigenvalue weighted by Gasteiger charge is 2.42. The van der Waals surface area contributed by atoms with Gasteiger partial charge < -0.3 is 4.57 Å². The molecule has 2 heteroatoms. The van der Waals surface area contributed by atoms with E-state index in [-0.39, 0.29) is 11.8 Å². The first-order valence-corrected chi connectivity index (χ1v) is 14.8. The summed E-state index contributed by atoms with van der Waals surface area (Å²) in [7, 11) is 0. The van der Waals surface area contributed by atoms with E-state index in [0.717, 1.165) is 0 Å². The fourth-order valence-electron chi connectivity index (χ4n) is 7.89. The zero-order chi connectivity index (χ0) is 25.9. The third kappa shape index (κ3) is 2.49. The summed E-state index contributed by atoms with van der Waals surface area (Å²) >= 11 is 1.91. The average Bonchev–Trinajstić information content (AvgIpc) is 3.57. The number of hydrogen-bond donors (Lipinski definition) is 0. The number of fused-ring (bicyclic) bond motifs is 6. The molecule has 3 aliphatic rings. The predicted molar refractivity (Wildman–Crippen MR) is 168 cm³/mol. The number of nitrogens with zero attached hydrogens (tertiary/aromatic N) is 1. The third-order valence-electron chi connectivity index (χ3n) is 9.37. The van der Waals surface area contributed by atoms with Crippen LogP contribution in [0, 0.1) is 0 Å². The van der Waals surface area contributed by atoms with Crippen molar-refractivity contribution in [2.24, 2.45) is 0 Å². The standard InChI is InChI=1S/C38H23NS/c1-3-13-25-23(11-1)34-24-12-2-4-14-26(24)35(25)37-29(34)20-21-31-36(37)28-15-5-7-17-30(28)39(31)32-18-9-16-27-22-10-6-8-19-33(22)40-38(27)32/h1-21,34-35H. The van der Waals surface area contributed by atoms with Crippen molar-refractivity contribution in [3.8, 4) is 5.69 Å². The van der Waals surface area contributed by atoms with Gasteiger partial charge in [0, 0.05) is 38.1 Å². The van der Waals surface area contributed by atoms with Crippen molar-refractivity contribution in [2.45, 2.75) is 11.8 Å². The number of thiophene rings is 1. The molecule has 186 valence electrons. The molecule has 2 heterocycles. The topological polar surface area (TPSA) is 4.93 Å². The van der Waals surface area contributed by atoms with Crippen LogP contribution >= 0.6 is 11.3 Å². The van der Waals surface area contributed by atoms with Gasteiger partial charge in [-0.2, -0.15) is 0 Å². The minimum atomic E-state index is 0.246. The van der Waals surface area contributed by atoms with Crippen LogP contribution in [0.25, 0.3) is 47.7 Å². The molecule has 11 rings (SSSR count). The van der Waals surface area contributed by atoms with Gasteiger partial charge in [-0.3, -0.25) is 0 Å². The molecule has 0 atom stereocenters. The SMILES string of the molecule is c1ccc2c(c1)C1c3ccccc3C2c2c1ccc1c2c2ccccc2n1-c1cccc2c1sc1ccccc12. The molecular weight excluding hydrogens is 502 g/mol. The Morgan fingerprint density at radius 1 is 0.450 bits per heavy atom. The van der Waals surface area contributed by atoms with Crippen molar-refractivity contribution in [2.75, 3.05) is 0 Å². The van der Waals surface area contributed by atoms with Gasteiger partial charge in [-0.1, -0.05) is 103 Å². The molecule has 3 aliphatic carbocycles. The Hall–Kier alpha value is -4.66. The molecule has 0 N–H and O–H groups in total. The highest BCUT2D eigenvalue weighted by molar-refractivity contribution is 7.26. The lowest BCUT2D eigenvalue weighted by atomic mass is 9.60. The molecule has 2 aromatic heterocycles. The predicted octanol–water partition coefficient (Wildman–Crippen LogP) is 10.1. The van der Waals surface area contributed by atoms with Crippen molar-refractivity contribution in [1.82, 2.24) is 4.57 Å². The highest BCUT2D eigenvalue weighted by atomic mass is 32.1. The molecule has 1 nitrogen and oxygen atoms in total. The van der Waals surface area contributed by atoms with E-state index in [1.165, 1.54) is 81.0 Å². The van der Waals surface area contributed by atoms with Crippen molar-refractivity contribution in [3.63, 3.8) is 0 Å². The van der Waals surface area contributed by atoms with E-state index in [2.05, 4.69) is 132 Å². The van der Waals surface area contributed by atoms with E-state index in [0.29, 0.717) is 0 Å². The molecule has 0 radical (unpaired) electrons. The Labute approximate surface area is 235 Å². The Bertz CT molecular complexity index is 2300. The molecule has 0 saturated carbocycles. The molecule has 0 spiro atoms. The Morgan fingerprint density at radius 3 is 1.85 bits per heavy atom. The molecule has 0 saturated heterocycles. The van der Waals surface area contributed by atoms with Crippen LogP contribution in [-0.2, 0) is 0 Å². The van der Waals surface area contributed by atoms with Crippen LogP contribution < -0.4 is 0 Å². The van der Waals surface area contributed by atoms with Crippen LogP contribution in [-0.4, -0.2) is 4.57 Å². The minimum Gasteiger partial charge on any atom is -0.308 e. The summed E-state index contributed by atoms with van der Waals surface area (Å²) in [6, 6.07) is 47.7. The lowest BCUT2D eigenvalue weighted by Gasteiger charge is -2.42. The van der Waals surface area contributed by atoms with Gasteiger partial charge in [0.05, 0.1) is 21.4 Å². The largest absolute Gasteiger partial charge is 0.308 e. The second-order valence-electron chi connectivity index (χ2n) is 11.2. The van der Waals surface area contributed by atoms with Crippen LogP contribution in [0.1, 0.15) is 45.2 Å². The van der Waals surface area contributed by atoms with Crippen molar-refractivity contribution < 1.29 is 0 Å². The van der Waals surface area contributed by atoms with Crippen LogP contribution in [0.15, 0.2) is 127 Å². The number of aromatic nitrogens is 1. The molecule has 0 amide bonds. The second-order valence-corrected chi connectivity index (χ2v) is 12.2. The summed E-state index contributed by atoms with van der Waals surface area (Å²) in [6.07, 6.45) is 0. The summed E-state index contributed by atoms with van der Waals surface area (Å²) in [6.45, 7) is 0. The van der Waals surface area contributed by atoms with E-state index in [9.17, 15) is 0 Å². The fourth-order valence-corrected chi connectivity index (χ4v) is 9.09. The first kappa shape index (κ1) is 21.2. The summed E-state index contributed by atoms with van der Waals surface area (Å²) in [5, 5.41) is 5.43. The molecule has 0 aliphatic heterocycles. The minimum absolute atomic E-state index is 0.246. The van der Waals surface area contributed by atoms with Gasteiger partial charge in [-0.05, 0) is 57.6 Å². The monoisotopic (exact) mass is 525 g/mol. The van der Waals surface area contributed by atoms with Gasteiger partial charge in [0.15, 0.2) is 0 Å². The molecule has 0 fully saturated rings. The molecule has 0 unspecified atom stereocenters. The van der Waals surface area contributed by atoms with E-state index >= 15 is 0 Å². The van der Waals surface area contributed by atoms with Crippen LogP contribution in [0.3, 0.4) is 0 Å². The summed E-state index contributed by atoms with van der Waals surface area (Å²) in [5.74, 6) is 0.528. The number of rotatable bonds is 1. The zero-order valence-electron chi connectivity index (χ0n) is 21.6. The van der Waals surface area contributed by atoms with Gasteiger partial charge in [-0.25, -0.2) is 0 Å². The van der Waals surface area contributed by atoms with Crippen LogP contribution in [0.2, 0.25) is 0 Å². The molecular formula is C38H23NS. The summed E-state index contributed by atoms with van der Waals surface area (Å²) < 4.78 is 5.22. The second kappa shape index (κ2) is 7.50. The zero-order valence-corrected chi connectivity index (χ0v) is 22.5. The van der Waals surface area contributed by atoms with Crippen LogP contribution in [0.5, 0.6) is 0 Å². The number of hydrogen-bond acceptors (Lipinski definition) is 1. The van der Waals surface area contributed by atoms with Gasteiger partial charge in [-0.15, -0.1) is 11.3 Å². The van der Waals surface area contributed by atoms with E-state index < -0.39 is 0 Å².